The molecule has 32 heavy (non-hydrogen) atoms. The average Bonchev–Trinajstić information content (AvgIpc) is 3.04. The summed E-state index contributed by atoms with van der Waals surface area (Å²) in [5.74, 6) is -4.36. The molecule has 0 saturated carbocycles. The van der Waals surface area contributed by atoms with Gasteiger partial charge in [-0.3, -0.25) is 4.79 Å². The number of fused-ring (bicyclic) bond motifs is 1. The number of nitrogens with zero attached hydrogens (tertiary/aromatic N) is 2. The van der Waals surface area contributed by atoms with Gasteiger partial charge in [-0.1, -0.05) is 17.4 Å². The second kappa shape index (κ2) is 8.04. The SMILES string of the molecule is CC(C(=O)O)n1/c(=N/C(=O)c2cccc(C(F)(F)F)c2)sc2c(F)c(C(F)(F)F)ccc21. The third-order valence-electron chi connectivity index (χ3n) is 4.42. The number of aliphatic carboxylic acids is 1. The van der Waals surface area contributed by atoms with Crippen LogP contribution in [-0.2, 0) is 17.1 Å². The minimum atomic E-state index is -5.03. The van der Waals surface area contributed by atoms with Gasteiger partial charge in [0.25, 0.3) is 5.91 Å². The molecule has 0 aliphatic rings. The molecule has 13 heteroatoms. The molecule has 1 N–H and O–H groups in total. The standard InChI is InChI=1S/C19H11F7N2O3S/c1-8(16(30)31)28-12-6-5-11(19(24,25)26)13(20)14(12)32-17(28)27-15(29)9-3-2-4-10(7-9)18(21,22)23/h2-8H,1H3,(H,30,31)/b27-17-. The number of hydrogen-bond acceptors (Lipinski definition) is 3. The number of carboxylic acid groups (broad SMARTS) is 1. The van der Waals surface area contributed by atoms with Gasteiger partial charge in [0.2, 0.25) is 0 Å². The van der Waals surface area contributed by atoms with Crippen molar-refractivity contribution in [3.05, 3.63) is 63.7 Å². The lowest BCUT2D eigenvalue weighted by molar-refractivity contribution is -0.141. The minimum Gasteiger partial charge on any atom is -0.480 e. The topological polar surface area (TPSA) is 71.7 Å². The maximum Gasteiger partial charge on any atom is 0.419 e. The average molecular weight is 480 g/mol. The molecule has 0 spiro atoms. The summed E-state index contributed by atoms with van der Waals surface area (Å²) in [4.78, 5) is 27.0. The van der Waals surface area contributed by atoms with Crippen LogP contribution in [0.5, 0.6) is 0 Å². The molecule has 170 valence electrons. The zero-order valence-electron chi connectivity index (χ0n) is 15.8. The van der Waals surface area contributed by atoms with Gasteiger partial charge in [-0.2, -0.15) is 31.3 Å². The predicted octanol–water partition coefficient (Wildman–Crippen LogP) is 5.27. The molecular weight excluding hydrogens is 469 g/mol. The van der Waals surface area contributed by atoms with Crippen molar-refractivity contribution in [1.29, 1.82) is 0 Å². The van der Waals surface area contributed by atoms with Crippen LogP contribution >= 0.6 is 11.3 Å². The van der Waals surface area contributed by atoms with E-state index in [4.69, 9.17) is 0 Å². The molecule has 1 aromatic heterocycles. The molecule has 5 nitrogen and oxygen atoms in total. The highest BCUT2D eigenvalue weighted by Gasteiger charge is 2.36. The molecule has 1 heterocycles. The van der Waals surface area contributed by atoms with Crippen LogP contribution in [0.4, 0.5) is 30.7 Å². The van der Waals surface area contributed by atoms with E-state index in [2.05, 4.69) is 4.99 Å². The van der Waals surface area contributed by atoms with Crippen molar-refractivity contribution in [2.75, 3.05) is 0 Å². The number of alkyl halides is 6. The van der Waals surface area contributed by atoms with Crippen molar-refractivity contribution in [2.24, 2.45) is 4.99 Å². The Morgan fingerprint density at radius 1 is 1.06 bits per heavy atom. The van der Waals surface area contributed by atoms with Crippen molar-refractivity contribution in [1.82, 2.24) is 4.57 Å². The van der Waals surface area contributed by atoms with Crippen molar-refractivity contribution < 1.29 is 45.4 Å². The lowest BCUT2D eigenvalue weighted by Crippen LogP contribution is -2.25. The summed E-state index contributed by atoms with van der Waals surface area (Å²) in [6.45, 7) is 1.12. The van der Waals surface area contributed by atoms with Crippen LogP contribution < -0.4 is 4.80 Å². The first-order valence-corrected chi connectivity index (χ1v) is 9.43. The molecule has 3 rings (SSSR count). The normalized spacial score (nSPS) is 14.1. The van der Waals surface area contributed by atoms with Crippen molar-refractivity contribution in [3.8, 4) is 0 Å². The number of carbonyl (C=O) groups is 2. The van der Waals surface area contributed by atoms with E-state index < -0.39 is 62.3 Å². The molecule has 0 bridgehead atoms. The number of carboxylic acids is 1. The van der Waals surface area contributed by atoms with Gasteiger partial charge in [0.15, 0.2) is 10.6 Å². The number of thiazole rings is 1. The number of halogens is 7. The van der Waals surface area contributed by atoms with Crippen molar-refractivity contribution in [2.45, 2.75) is 25.3 Å². The summed E-state index contributed by atoms with van der Waals surface area (Å²) in [6, 6.07) is 3.01. The van der Waals surface area contributed by atoms with Crippen LogP contribution in [0.15, 0.2) is 41.4 Å². The Morgan fingerprint density at radius 2 is 1.72 bits per heavy atom. The Bertz CT molecular complexity index is 1290. The van der Waals surface area contributed by atoms with Crippen LogP contribution in [0.1, 0.15) is 34.5 Å². The minimum absolute atomic E-state index is 0.272. The highest BCUT2D eigenvalue weighted by Crippen LogP contribution is 2.36. The number of rotatable bonds is 3. The Kier molecular flexibility index (Phi) is 5.89. The third-order valence-corrected chi connectivity index (χ3v) is 5.48. The number of aromatic nitrogens is 1. The van der Waals surface area contributed by atoms with Gasteiger partial charge in [-0.25, -0.2) is 9.18 Å². The summed E-state index contributed by atoms with van der Waals surface area (Å²) in [5.41, 5.74) is -3.51. The molecule has 1 unspecified atom stereocenters. The van der Waals surface area contributed by atoms with Gasteiger partial charge in [0.1, 0.15) is 6.04 Å². The van der Waals surface area contributed by atoms with Crippen LogP contribution in [0, 0.1) is 5.82 Å². The molecule has 3 aromatic rings. The highest BCUT2D eigenvalue weighted by atomic mass is 32.1. The van der Waals surface area contributed by atoms with E-state index in [9.17, 15) is 45.4 Å². The predicted molar refractivity (Wildman–Crippen MR) is 98.5 cm³/mol. The summed E-state index contributed by atoms with van der Waals surface area (Å²) in [7, 11) is 0. The van der Waals surface area contributed by atoms with Gasteiger partial charge >= 0.3 is 18.3 Å². The Morgan fingerprint density at radius 3 is 2.28 bits per heavy atom. The lowest BCUT2D eigenvalue weighted by Gasteiger charge is -2.12. The maximum absolute atomic E-state index is 14.5. The Labute approximate surface area is 178 Å². The molecule has 0 saturated heterocycles. The number of amides is 1. The van der Waals surface area contributed by atoms with E-state index in [0.29, 0.717) is 12.1 Å². The first-order valence-electron chi connectivity index (χ1n) is 8.61. The van der Waals surface area contributed by atoms with E-state index in [-0.39, 0.29) is 16.9 Å². The van der Waals surface area contributed by atoms with Crippen LogP contribution in [-0.4, -0.2) is 21.6 Å². The molecule has 0 fully saturated rings. The second-order valence-electron chi connectivity index (χ2n) is 6.54. The van der Waals surface area contributed by atoms with E-state index in [1.54, 1.807) is 0 Å². The lowest BCUT2D eigenvalue weighted by atomic mass is 10.1. The van der Waals surface area contributed by atoms with E-state index in [1.165, 1.54) is 0 Å². The zero-order valence-corrected chi connectivity index (χ0v) is 16.6. The summed E-state index contributed by atoms with van der Waals surface area (Å²) in [6.07, 6.45) is -9.78. The molecule has 0 aliphatic carbocycles. The zero-order chi connectivity index (χ0) is 24.0. The monoisotopic (exact) mass is 480 g/mol. The van der Waals surface area contributed by atoms with Crippen LogP contribution in [0.2, 0.25) is 0 Å². The van der Waals surface area contributed by atoms with E-state index in [0.717, 1.165) is 35.8 Å². The van der Waals surface area contributed by atoms with Gasteiger partial charge in [-0.15, -0.1) is 0 Å². The number of carbonyl (C=O) groups excluding carboxylic acids is 1. The van der Waals surface area contributed by atoms with Gasteiger partial charge in [0, 0.05) is 5.56 Å². The molecule has 2 aromatic carbocycles. The fourth-order valence-electron chi connectivity index (χ4n) is 2.84. The largest absolute Gasteiger partial charge is 0.480 e. The van der Waals surface area contributed by atoms with Gasteiger partial charge in [0.05, 0.1) is 21.3 Å². The van der Waals surface area contributed by atoms with Crippen molar-refractivity contribution in [3.63, 3.8) is 0 Å². The molecule has 0 aliphatic heterocycles. The second-order valence-corrected chi connectivity index (χ2v) is 7.52. The maximum atomic E-state index is 14.5. The fourth-order valence-corrected chi connectivity index (χ4v) is 3.97. The summed E-state index contributed by atoms with van der Waals surface area (Å²) >= 11 is 0.274. The van der Waals surface area contributed by atoms with E-state index in [1.807, 2.05) is 0 Å². The molecule has 0 radical (unpaired) electrons. The quantitative estimate of drug-likeness (QED) is 0.520. The van der Waals surface area contributed by atoms with Gasteiger partial charge in [-0.05, 0) is 37.3 Å². The molecular formula is C19H11F7N2O3S. The number of benzene rings is 2. The molecule has 1 atom stereocenters. The Balaban J connectivity index is 2.26. The molecule has 1 amide bonds. The highest BCUT2D eigenvalue weighted by molar-refractivity contribution is 7.16. The Hall–Kier alpha value is -3.22. The number of hydrogen-bond donors (Lipinski definition) is 1. The van der Waals surface area contributed by atoms with E-state index >= 15 is 0 Å². The van der Waals surface area contributed by atoms with Crippen molar-refractivity contribution >= 4 is 33.4 Å². The van der Waals surface area contributed by atoms with Crippen LogP contribution in [0.3, 0.4) is 0 Å². The first-order chi connectivity index (χ1) is 14.7. The fraction of sp³-hybridized carbons (Fsp3) is 0.211. The first kappa shape index (κ1) is 23.4. The van der Waals surface area contributed by atoms with Crippen LogP contribution in [0.25, 0.3) is 10.2 Å². The third kappa shape index (κ3) is 4.38. The summed E-state index contributed by atoms with van der Waals surface area (Å²) in [5, 5.41) is 9.33. The summed E-state index contributed by atoms with van der Waals surface area (Å²) < 4.78 is 92.5. The van der Waals surface area contributed by atoms with Gasteiger partial charge < -0.3 is 9.67 Å². The smallest absolute Gasteiger partial charge is 0.419 e.